The molecule has 0 unspecified atom stereocenters. The minimum atomic E-state index is -0.618. The average molecular weight is 365 g/mol. The number of nitrogens with two attached hydrogens (primary N) is 1. The molecule has 0 saturated carbocycles. The molecule has 0 aliphatic heterocycles. The van der Waals surface area contributed by atoms with Crippen LogP contribution < -0.4 is 11.1 Å². The van der Waals surface area contributed by atoms with Gasteiger partial charge < -0.3 is 15.8 Å². The molecule has 27 heavy (non-hydrogen) atoms. The van der Waals surface area contributed by atoms with Gasteiger partial charge in [0.1, 0.15) is 0 Å². The van der Waals surface area contributed by atoms with Gasteiger partial charge in [-0.05, 0) is 25.0 Å². The Morgan fingerprint density at radius 2 is 1.96 bits per heavy atom. The highest BCUT2D eigenvalue weighted by atomic mass is 16.5. The summed E-state index contributed by atoms with van der Waals surface area (Å²) in [6, 6.07) is 7.81. The molecule has 0 fully saturated rings. The maximum Gasteiger partial charge on any atom is 0.358 e. The van der Waals surface area contributed by atoms with Crippen LogP contribution in [0.1, 0.15) is 34.5 Å². The third kappa shape index (κ3) is 4.72. The van der Waals surface area contributed by atoms with E-state index in [1.807, 2.05) is 24.3 Å². The van der Waals surface area contributed by atoms with Gasteiger partial charge in [-0.1, -0.05) is 25.1 Å². The second kappa shape index (κ2) is 8.17. The Labute approximate surface area is 156 Å². The topological polar surface area (TPSA) is 129 Å². The van der Waals surface area contributed by atoms with Gasteiger partial charge in [0.2, 0.25) is 11.9 Å². The second-order valence-corrected chi connectivity index (χ2v) is 5.69. The minimum Gasteiger partial charge on any atom is -0.453 e. The van der Waals surface area contributed by atoms with E-state index in [4.69, 9.17) is 10.5 Å². The number of carbonyl (C=O) groups is 1. The number of carbonyl (C=O) groups excluding carboxylic acids is 1. The van der Waals surface area contributed by atoms with Gasteiger partial charge in [-0.2, -0.15) is 15.0 Å². The molecule has 3 rings (SSSR count). The number of nitrogens with one attached hydrogen (secondary N) is 1. The third-order valence-corrected chi connectivity index (χ3v) is 3.67. The number of esters is 1. The monoisotopic (exact) mass is 365 g/mol. The highest BCUT2D eigenvalue weighted by Gasteiger charge is 2.12. The van der Waals surface area contributed by atoms with Crippen molar-refractivity contribution in [2.24, 2.45) is 0 Å². The van der Waals surface area contributed by atoms with E-state index in [1.165, 1.54) is 12.4 Å². The van der Waals surface area contributed by atoms with Crippen LogP contribution in [-0.2, 0) is 17.8 Å². The second-order valence-electron chi connectivity index (χ2n) is 5.69. The van der Waals surface area contributed by atoms with E-state index in [1.54, 1.807) is 6.92 Å². The Balaban J connectivity index is 1.71. The lowest BCUT2D eigenvalue weighted by atomic mass is 10.1. The standard InChI is InChI=1S/C18H19N7O2/c1-3-12-6-4-5-7-13(12)22-18-24-15(23-17(19)25-18)10-27-16(26)14-9-20-11(2)8-21-14/h4-9H,3,10H2,1-2H3,(H3,19,22,23,24,25). The van der Waals surface area contributed by atoms with Crippen molar-refractivity contribution in [1.29, 1.82) is 0 Å². The van der Waals surface area contributed by atoms with E-state index in [0.717, 1.165) is 17.7 Å². The molecule has 138 valence electrons. The molecule has 9 nitrogen and oxygen atoms in total. The van der Waals surface area contributed by atoms with Crippen LogP contribution in [0, 0.1) is 6.92 Å². The maximum atomic E-state index is 12.0. The highest BCUT2D eigenvalue weighted by Crippen LogP contribution is 2.19. The molecular weight excluding hydrogens is 346 g/mol. The largest absolute Gasteiger partial charge is 0.453 e. The normalized spacial score (nSPS) is 10.4. The minimum absolute atomic E-state index is 0.0302. The van der Waals surface area contributed by atoms with Crippen LogP contribution in [0.3, 0.4) is 0 Å². The molecule has 0 radical (unpaired) electrons. The Morgan fingerprint density at radius 1 is 1.15 bits per heavy atom. The molecule has 0 amide bonds. The van der Waals surface area contributed by atoms with Crippen molar-refractivity contribution >= 4 is 23.6 Å². The van der Waals surface area contributed by atoms with Crippen molar-refractivity contribution in [2.45, 2.75) is 26.9 Å². The molecule has 0 bridgehead atoms. The molecule has 2 aromatic heterocycles. The Morgan fingerprint density at radius 3 is 2.70 bits per heavy atom. The molecule has 0 aliphatic rings. The smallest absolute Gasteiger partial charge is 0.358 e. The summed E-state index contributed by atoms with van der Waals surface area (Å²) >= 11 is 0. The van der Waals surface area contributed by atoms with Crippen LogP contribution in [0.15, 0.2) is 36.7 Å². The van der Waals surface area contributed by atoms with Gasteiger partial charge in [-0.15, -0.1) is 0 Å². The van der Waals surface area contributed by atoms with Crippen molar-refractivity contribution in [1.82, 2.24) is 24.9 Å². The third-order valence-electron chi connectivity index (χ3n) is 3.67. The fraction of sp³-hybridized carbons (Fsp3) is 0.222. The number of nitrogens with zero attached hydrogens (tertiary/aromatic N) is 5. The number of ether oxygens (including phenoxy) is 1. The molecule has 0 aliphatic carbocycles. The van der Waals surface area contributed by atoms with E-state index < -0.39 is 5.97 Å². The van der Waals surface area contributed by atoms with Crippen LogP contribution in [0.25, 0.3) is 0 Å². The number of anilines is 3. The summed E-state index contributed by atoms with van der Waals surface area (Å²) in [6.45, 7) is 3.67. The van der Waals surface area contributed by atoms with Crippen LogP contribution >= 0.6 is 0 Å². The zero-order chi connectivity index (χ0) is 19.2. The number of hydrogen-bond donors (Lipinski definition) is 2. The van der Waals surface area contributed by atoms with Gasteiger partial charge >= 0.3 is 5.97 Å². The Kier molecular flexibility index (Phi) is 5.50. The van der Waals surface area contributed by atoms with Gasteiger partial charge in [0, 0.05) is 11.9 Å². The summed E-state index contributed by atoms with van der Waals surface area (Å²) in [6.07, 6.45) is 3.70. The fourth-order valence-corrected chi connectivity index (χ4v) is 2.33. The lowest BCUT2D eigenvalue weighted by Crippen LogP contribution is -2.12. The van der Waals surface area contributed by atoms with Gasteiger partial charge in [0.25, 0.3) is 0 Å². The first-order valence-corrected chi connectivity index (χ1v) is 8.36. The van der Waals surface area contributed by atoms with E-state index in [9.17, 15) is 4.79 Å². The average Bonchev–Trinajstić information content (AvgIpc) is 2.67. The highest BCUT2D eigenvalue weighted by molar-refractivity contribution is 5.86. The number of aryl methyl sites for hydroxylation is 2. The number of hydrogen-bond acceptors (Lipinski definition) is 9. The molecule has 0 saturated heterocycles. The van der Waals surface area contributed by atoms with Crippen molar-refractivity contribution in [3.05, 3.63) is 59.4 Å². The van der Waals surface area contributed by atoms with Gasteiger partial charge in [-0.25, -0.2) is 9.78 Å². The van der Waals surface area contributed by atoms with Crippen molar-refractivity contribution in [3.63, 3.8) is 0 Å². The van der Waals surface area contributed by atoms with Crippen molar-refractivity contribution in [2.75, 3.05) is 11.1 Å². The fourth-order valence-electron chi connectivity index (χ4n) is 2.33. The Hall–Kier alpha value is -3.62. The van der Waals surface area contributed by atoms with Gasteiger partial charge in [-0.3, -0.25) is 4.98 Å². The SMILES string of the molecule is CCc1ccccc1Nc1nc(N)nc(COC(=O)c2cnc(C)cn2)n1. The first-order chi connectivity index (χ1) is 13.0. The predicted molar refractivity (Wildman–Crippen MR) is 99.2 cm³/mol. The lowest BCUT2D eigenvalue weighted by Gasteiger charge is -2.10. The summed E-state index contributed by atoms with van der Waals surface area (Å²) < 4.78 is 5.18. The summed E-state index contributed by atoms with van der Waals surface area (Å²) in [5.41, 5.74) is 8.56. The molecule has 0 atom stereocenters. The van der Waals surface area contributed by atoms with Crippen LogP contribution in [0.4, 0.5) is 17.6 Å². The number of aromatic nitrogens is 5. The van der Waals surface area contributed by atoms with E-state index in [-0.39, 0.29) is 30.0 Å². The quantitative estimate of drug-likeness (QED) is 0.631. The van der Waals surface area contributed by atoms with Crippen LogP contribution in [0.2, 0.25) is 0 Å². The van der Waals surface area contributed by atoms with Gasteiger partial charge in [0.15, 0.2) is 18.1 Å². The first-order valence-electron chi connectivity index (χ1n) is 8.36. The summed E-state index contributed by atoms with van der Waals surface area (Å²) in [7, 11) is 0. The number of para-hydroxylation sites is 1. The van der Waals surface area contributed by atoms with Crippen molar-refractivity contribution in [3.8, 4) is 0 Å². The van der Waals surface area contributed by atoms with Gasteiger partial charge in [0.05, 0.1) is 11.9 Å². The summed E-state index contributed by atoms with van der Waals surface area (Å²) in [5, 5.41) is 3.13. The molecule has 2 heterocycles. The molecular formula is C18H19N7O2. The molecule has 1 aromatic carbocycles. The molecule has 9 heteroatoms. The molecule has 3 aromatic rings. The first kappa shape index (κ1) is 18.2. The number of benzene rings is 1. The van der Waals surface area contributed by atoms with E-state index in [2.05, 4.69) is 37.2 Å². The number of nitrogen functional groups attached to an aromatic ring is 1. The van der Waals surface area contributed by atoms with Crippen molar-refractivity contribution < 1.29 is 9.53 Å². The zero-order valence-electron chi connectivity index (χ0n) is 15.0. The summed E-state index contributed by atoms with van der Waals surface area (Å²) in [5.74, 6) is -0.0769. The summed E-state index contributed by atoms with van der Waals surface area (Å²) in [4.78, 5) is 32.4. The van der Waals surface area contributed by atoms with Crippen LogP contribution in [-0.4, -0.2) is 30.9 Å². The molecule has 0 spiro atoms. The lowest BCUT2D eigenvalue weighted by molar-refractivity contribution is 0.0454. The van der Waals surface area contributed by atoms with Crippen LogP contribution in [0.5, 0.6) is 0 Å². The maximum absolute atomic E-state index is 12.0. The predicted octanol–water partition coefficient (Wildman–Crippen LogP) is 2.22. The Bertz CT molecular complexity index is 945. The number of rotatable bonds is 6. The zero-order valence-corrected chi connectivity index (χ0v) is 15.0. The van der Waals surface area contributed by atoms with E-state index in [0.29, 0.717) is 5.69 Å². The molecule has 3 N–H and O–H groups in total. The van der Waals surface area contributed by atoms with E-state index >= 15 is 0 Å².